The van der Waals surface area contributed by atoms with Crippen LogP contribution in [0.4, 0.5) is 17.3 Å². The number of pyridine rings is 1. The molecular weight excluding hydrogens is 228 g/mol. The van der Waals surface area contributed by atoms with E-state index < -0.39 is 24.0 Å². The third-order valence-corrected chi connectivity index (χ3v) is 1.45. The van der Waals surface area contributed by atoms with E-state index in [4.69, 9.17) is 0 Å². The summed E-state index contributed by atoms with van der Waals surface area (Å²) in [4.78, 5) is 13.1. The first kappa shape index (κ1) is 14.2. The molecule has 0 N–H and O–H groups in total. The summed E-state index contributed by atoms with van der Waals surface area (Å²) in [6.07, 6.45) is 0.486. The molecule has 0 aromatic carbocycles. The summed E-state index contributed by atoms with van der Waals surface area (Å²) in [7, 11) is 0. The van der Waals surface area contributed by atoms with Gasteiger partial charge in [0.05, 0.1) is 0 Å². The topological polar surface area (TPSA) is 30.0 Å². The Morgan fingerprint density at radius 1 is 1.36 bits per heavy atom. The number of aromatic nitrogens is 1. The van der Waals surface area contributed by atoms with Gasteiger partial charge in [-0.05, 0) is 0 Å². The van der Waals surface area contributed by atoms with Crippen molar-refractivity contribution in [3.05, 3.63) is 23.8 Å². The Bertz CT molecular complexity index is 343. The van der Waals surface area contributed by atoms with Gasteiger partial charge in [0.1, 0.15) is 0 Å². The van der Waals surface area contributed by atoms with Crippen LogP contribution in [-0.2, 0) is 0 Å². The largest absolute Gasteiger partial charge is 1.00 e. The van der Waals surface area contributed by atoms with Gasteiger partial charge in [-0.1, -0.05) is 11.5 Å². The van der Waals surface area contributed by atoms with Gasteiger partial charge < -0.3 is 12.9 Å². The van der Waals surface area contributed by atoms with Crippen molar-refractivity contribution in [3.8, 4) is 0 Å². The molecule has 0 saturated heterocycles. The monoisotopic (exact) mass is 231 g/mol. The number of hydrogen-bond acceptors (Lipinski definition) is 2. The van der Waals surface area contributed by atoms with E-state index >= 15 is 0 Å². The van der Waals surface area contributed by atoms with E-state index in [1.54, 1.807) is 0 Å². The van der Waals surface area contributed by atoms with Crippen LogP contribution in [0.2, 0.25) is 0 Å². The Hall–Kier alpha value is 0.241. The van der Waals surface area contributed by atoms with Crippen LogP contribution in [0.25, 0.3) is 0 Å². The molecule has 0 unspecified atom stereocenters. The standard InChI is InChI=1S/C6H3BF4NO.K/c8-6-4(3-13)5(1-2-12-6)7(9,10)11;/h1-3H;/q-1;+1. The van der Waals surface area contributed by atoms with Gasteiger partial charge in [0.2, 0.25) is 5.95 Å². The maximum Gasteiger partial charge on any atom is 1.00 e. The molecule has 1 rings (SSSR count). The first-order valence-electron chi connectivity index (χ1n) is 3.26. The number of carbonyl (C=O) groups is 1. The Labute approximate surface area is 120 Å². The number of hydrogen-bond donors (Lipinski definition) is 0. The fraction of sp³-hybridized carbons (Fsp3) is 0. The molecule has 1 aromatic heterocycles. The van der Waals surface area contributed by atoms with Crippen molar-refractivity contribution in [2.75, 3.05) is 0 Å². The second-order valence-electron chi connectivity index (χ2n) is 2.30. The van der Waals surface area contributed by atoms with Gasteiger partial charge in [-0.25, -0.2) is 4.98 Å². The zero-order valence-electron chi connectivity index (χ0n) is 7.18. The second-order valence-corrected chi connectivity index (χ2v) is 2.30. The Kier molecular flexibility index (Phi) is 5.45. The average molecular weight is 231 g/mol. The van der Waals surface area contributed by atoms with E-state index in [0.717, 1.165) is 0 Å². The van der Waals surface area contributed by atoms with Crippen molar-refractivity contribution in [1.29, 1.82) is 0 Å². The van der Waals surface area contributed by atoms with Gasteiger partial charge >= 0.3 is 58.4 Å². The minimum Gasteiger partial charge on any atom is -0.445 e. The number of nitrogens with zero attached hydrogens (tertiary/aromatic N) is 1. The van der Waals surface area contributed by atoms with Crippen LogP contribution in [0.1, 0.15) is 10.4 Å². The fourth-order valence-corrected chi connectivity index (χ4v) is 0.864. The molecular formula is C6H3BF4KNO. The predicted octanol–water partition coefficient (Wildman–Crippen LogP) is -1.91. The van der Waals surface area contributed by atoms with E-state index in [1.807, 2.05) is 0 Å². The third kappa shape index (κ3) is 3.13. The molecule has 1 aromatic rings. The molecule has 0 aliphatic carbocycles. The first-order valence-corrected chi connectivity index (χ1v) is 3.26. The molecule has 0 bridgehead atoms. The minimum atomic E-state index is -5.37. The molecule has 0 aliphatic heterocycles. The summed E-state index contributed by atoms with van der Waals surface area (Å²) in [5, 5.41) is 0. The quantitative estimate of drug-likeness (QED) is 0.257. The van der Waals surface area contributed by atoms with Gasteiger partial charge in [-0.2, -0.15) is 4.39 Å². The first-order chi connectivity index (χ1) is 5.96. The zero-order valence-corrected chi connectivity index (χ0v) is 10.3. The van der Waals surface area contributed by atoms with Gasteiger partial charge in [-0.15, -0.1) is 0 Å². The predicted molar refractivity (Wildman–Crippen MR) is 38.3 cm³/mol. The van der Waals surface area contributed by atoms with Crippen LogP contribution in [0.5, 0.6) is 0 Å². The summed E-state index contributed by atoms with van der Waals surface area (Å²) >= 11 is 0. The van der Waals surface area contributed by atoms with Crippen LogP contribution in [0.3, 0.4) is 0 Å². The zero-order chi connectivity index (χ0) is 10.1. The van der Waals surface area contributed by atoms with Crippen LogP contribution in [0.15, 0.2) is 12.3 Å². The van der Waals surface area contributed by atoms with Crippen LogP contribution in [0, 0.1) is 5.95 Å². The molecule has 0 spiro atoms. The van der Waals surface area contributed by atoms with Crippen LogP contribution >= 0.6 is 0 Å². The van der Waals surface area contributed by atoms with Crippen molar-refractivity contribution < 1.29 is 73.5 Å². The number of carbonyl (C=O) groups excluding carboxylic acids is 1. The summed E-state index contributed by atoms with van der Waals surface area (Å²) in [5.41, 5.74) is -2.28. The van der Waals surface area contributed by atoms with E-state index in [-0.39, 0.29) is 57.7 Å². The molecule has 0 radical (unpaired) electrons. The number of aldehydes is 1. The molecule has 0 fully saturated rings. The molecule has 70 valence electrons. The number of halogens is 4. The molecule has 0 amide bonds. The van der Waals surface area contributed by atoms with Gasteiger partial charge in [0.15, 0.2) is 6.29 Å². The fourth-order valence-electron chi connectivity index (χ4n) is 0.864. The van der Waals surface area contributed by atoms with Gasteiger partial charge in [0.25, 0.3) is 0 Å². The Balaban J connectivity index is 0.00000169. The smallest absolute Gasteiger partial charge is 0.445 e. The van der Waals surface area contributed by atoms with Crippen LogP contribution in [-0.4, -0.2) is 18.2 Å². The summed E-state index contributed by atoms with van der Waals surface area (Å²) in [6, 6.07) is 0.576. The summed E-state index contributed by atoms with van der Waals surface area (Å²) in [5.74, 6) is -1.40. The van der Waals surface area contributed by atoms with Crippen LogP contribution < -0.4 is 56.8 Å². The SMILES string of the molecule is O=Cc1c([B-](F)(F)F)ccnc1F.[K+]. The van der Waals surface area contributed by atoms with Crippen molar-refractivity contribution in [2.24, 2.45) is 0 Å². The molecule has 2 nitrogen and oxygen atoms in total. The van der Waals surface area contributed by atoms with Crippen molar-refractivity contribution >= 4 is 18.7 Å². The maximum absolute atomic E-state index is 12.5. The average Bonchev–Trinajstić information content (AvgIpc) is 2.02. The van der Waals surface area contributed by atoms with E-state index in [2.05, 4.69) is 4.98 Å². The summed E-state index contributed by atoms with van der Waals surface area (Å²) < 4.78 is 48.9. The van der Waals surface area contributed by atoms with Crippen molar-refractivity contribution in [1.82, 2.24) is 4.98 Å². The van der Waals surface area contributed by atoms with Gasteiger partial charge in [-0.3, -0.25) is 4.79 Å². The minimum absolute atomic E-state index is 0. The summed E-state index contributed by atoms with van der Waals surface area (Å²) in [6.45, 7) is -5.37. The molecule has 0 saturated carbocycles. The second kappa shape index (κ2) is 5.36. The Morgan fingerprint density at radius 3 is 2.29 bits per heavy atom. The maximum atomic E-state index is 12.5. The Morgan fingerprint density at radius 2 is 1.93 bits per heavy atom. The third-order valence-electron chi connectivity index (χ3n) is 1.45. The number of rotatable bonds is 2. The molecule has 8 heteroatoms. The molecule has 14 heavy (non-hydrogen) atoms. The van der Waals surface area contributed by atoms with Crippen molar-refractivity contribution in [3.63, 3.8) is 0 Å². The molecule has 0 aliphatic rings. The normalized spacial score (nSPS) is 10.6. The van der Waals surface area contributed by atoms with E-state index in [0.29, 0.717) is 12.3 Å². The van der Waals surface area contributed by atoms with E-state index in [1.165, 1.54) is 0 Å². The van der Waals surface area contributed by atoms with E-state index in [9.17, 15) is 22.1 Å². The molecule has 1 heterocycles. The van der Waals surface area contributed by atoms with Crippen molar-refractivity contribution in [2.45, 2.75) is 0 Å². The molecule has 0 atom stereocenters. The van der Waals surface area contributed by atoms with Gasteiger partial charge in [0, 0.05) is 11.8 Å².